The lowest BCUT2D eigenvalue weighted by atomic mass is 9.61. The normalized spacial score (nSPS) is 43.4. The van der Waals surface area contributed by atoms with Crippen molar-refractivity contribution in [1.29, 1.82) is 0 Å². The molecule has 0 radical (unpaired) electrons. The Morgan fingerprint density at radius 3 is 2.62 bits per heavy atom. The average Bonchev–Trinajstić information content (AvgIpc) is 3.10. The summed E-state index contributed by atoms with van der Waals surface area (Å²) < 4.78 is 5.85. The number of allylic oxidation sites excluding steroid dienone is 3. The summed E-state index contributed by atoms with van der Waals surface area (Å²) in [6.07, 6.45) is 11.3. The summed E-state index contributed by atoms with van der Waals surface area (Å²) in [4.78, 5) is 2.66. The van der Waals surface area contributed by atoms with Crippen LogP contribution in [0.4, 0.5) is 0 Å². The van der Waals surface area contributed by atoms with Crippen molar-refractivity contribution in [1.82, 2.24) is 4.90 Å². The van der Waals surface area contributed by atoms with Gasteiger partial charge in [-0.05, 0) is 87.5 Å². The first-order valence-electron chi connectivity index (χ1n) is 13.0. The van der Waals surface area contributed by atoms with Crippen molar-refractivity contribution < 1.29 is 14.9 Å². The lowest BCUT2D eigenvalue weighted by Gasteiger charge is -2.46. The van der Waals surface area contributed by atoms with Crippen molar-refractivity contribution in [2.75, 3.05) is 19.7 Å². The molecule has 0 aromatic rings. The Bertz CT molecular complexity index is 742. The van der Waals surface area contributed by atoms with Gasteiger partial charge in [0.05, 0.1) is 24.9 Å². The highest BCUT2D eigenvalue weighted by Gasteiger charge is 2.51. The summed E-state index contributed by atoms with van der Waals surface area (Å²) in [6.45, 7) is 16.5. The predicted octanol–water partition coefficient (Wildman–Crippen LogP) is 4.87. The van der Waals surface area contributed by atoms with Crippen LogP contribution in [0, 0.1) is 23.2 Å². The fourth-order valence-electron chi connectivity index (χ4n) is 7.36. The number of morpholine rings is 1. The summed E-state index contributed by atoms with van der Waals surface area (Å²) in [5, 5.41) is 20.4. The van der Waals surface area contributed by atoms with E-state index in [1.54, 1.807) is 5.57 Å². The molecule has 0 bridgehead atoms. The second-order valence-corrected chi connectivity index (χ2v) is 11.6. The maximum absolute atomic E-state index is 10.2. The summed E-state index contributed by atoms with van der Waals surface area (Å²) in [5.41, 5.74) is 3.71. The van der Waals surface area contributed by atoms with Crippen LogP contribution < -0.4 is 0 Å². The van der Waals surface area contributed by atoms with Gasteiger partial charge in [0.25, 0.3) is 0 Å². The van der Waals surface area contributed by atoms with Gasteiger partial charge < -0.3 is 14.9 Å². The number of rotatable bonds is 4. The summed E-state index contributed by atoms with van der Waals surface area (Å²) >= 11 is 0. The van der Waals surface area contributed by atoms with Crippen molar-refractivity contribution in [3.63, 3.8) is 0 Å². The predicted molar refractivity (Wildman–Crippen MR) is 130 cm³/mol. The molecule has 3 aliphatic carbocycles. The van der Waals surface area contributed by atoms with Gasteiger partial charge in [0.2, 0.25) is 0 Å². The van der Waals surface area contributed by atoms with E-state index in [9.17, 15) is 10.2 Å². The molecule has 4 nitrogen and oxygen atoms in total. The van der Waals surface area contributed by atoms with Gasteiger partial charge in [-0.3, -0.25) is 4.90 Å². The Hall–Kier alpha value is -0.940. The van der Waals surface area contributed by atoms with Crippen LogP contribution in [0.1, 0.15) is 72.6 Å². The van der Waals surface area contributed by atoms with Crippen molar-refractivity contribution in [3.8, 4) is 0 Å². The van der Waals surface area contributed by atoms with E-state index >= 15 is 0 Å². The second kappa shape index (κ2) is 9.74. The van der Waals surface area contributed by atoms with Crippen LogP contribution in [0.5, 0.6) is 0 Å². The van der Waals surface area contributed by atoms with E-state index in [-0.39, 0.29) is 0 Å². The lowest BCUT2D eigenvalue weighted by molar-refractivity contribution is -0.0596. The third-order valence-corrected chi connectivity index (χ3v) is 9.28. The number of nitrogens with zero attached hydrogens (tertiary/aromatic N) is 1. The van der Waals surface area contributed by atoms with E-state index in [1.165, 1.54) is 38.6 Å². The second-order valence-electron chi connectivity index (χ2n) is 11.6. The number of ether oxygens (including phenoxy) is 1. The van der Waals surface area contributed by atoms with Gasteiger partial charge in [0.1, 0.15) is 0 Å². The van der Waals surface area contributed by atoms with E-state index in [0.29, 0.717) is 47.8 Å². The van der Waals surface area contributed by atoms with Gasteiger partial charge in [-0.2, -0.15) is 0 Å². The third kappa shape index (κ3) is 4.80. The van der Waals surface area contributed by atoms with Gasteiger partial charge in [0, 0.05) is 19.1 Å². The van der Waals surface area contributed by atoms with Crippen LogP contribution in [0.25, 0.3) is 0 Å². The monoisotopic (exact) mass is 443 g/mol. The maximum atomic E-state index is 10.2. The Labute approximate surface area is 195 Å². The summed E-state index contributed by atoms with van der Waals surface area (Å²) in [6, 6.07) is 0.518. The minimum atomic E-state index is -0.609. The highest BCUT2D eigenvalue weighted by molar-refractivity contribution is 5.29. The van der Waals surface area contributed by atoms with Gasteiger partial charge >= 0.3 is 0 Å². The standard InChI is InChI=1S/C28H45NO3/c1-18(15-29-16-20(3)32-17-19(29)2)24-10-11-25-23(7-6-12-28(24,25)5)9-8-22-13-26(30)21(4)27(31)14-22/h8-9,18-20,24-27,30-31H,4,6-7,10-17H2,1-3,5H3/b23-9+/t18?,19-,20+,24+,25-,26+,27+,28+/m0/s1. The first-order chi connectivity index (χ1) is 15.2. The quantitative estimate of drug-likeness (QED) is 0.609. The van der Waals surface area contributed by atoms with E-state index < -0.39 is 12.2 Å². The molecule has 1 saturated heterocycles. The molecule has 8 atom stereocenters. The summed E-state index contributed by atoms with van der Waals surface area (Å²) in [7, 11) is 0. The average molecular weight is 444 g/mol. The molecular weight excluding hydrogens is 398 g/mol. The largest absolute Gasteiger partial charge is 0.388 e. The van der Waals surface area contributed by atoms with E-state index in [2.05, 4.69) is 51.3 Å². The first kappa shape index (κ1) is 24.2. The van der Waals surface area contributed by atoms with Crippen LogP contribution in [0.2, 0.25) is 0 Å². The van der Waals surface area contributed by atoms with Crippen molar-refractivity contribution in [3.05, 3.63) is 35.5 Å². The Balaban J connectivity index is 1.45. The Morgan fingerprint density at radius 2 is 1.91 bits per heavy atom. The van der Waals surface area contributed by atoms with Gasteiger partial charge in [-0.25, -0.2) is 0 Å². The molecule has 0 aromatic heterocycles. The molecule has 4 heteroatoms. The number of aliphatic hydroxyl groups excluding tert-OH is 2. The number of hydrogen-bond donors (Lipinski definition) is 2. The van der Waals surface area contributed by atoms with E-state index in [0.717, 1.165) is 24.6 Å². The van der Waals surface area contributed by atoms with E-state index in [1.807, 2.05) is 0 Å². The van der Waals surface area contributed by atoms with Crippen LogP contribution in [0.15, 0.2) is 35.5 Å². The zero-order valence-corrected chi connectivity index (χ0v) is 20.7. The zero-order valence-electron chi connectivity index (χ0n) is 20.7. The molecule has 3 saturated carbocycles. The number of hydrogen-bond acceptors (Lipinski definition) is 4. The molecule has 4 rings (SSSR count). The van der Waals surface area contributed by atoms with Gasteiger partial charge in [-0.1, -0.05) is 43.7 Å². The third-order valence-electron chi connectivity index (χ3n) is 9.28. The maximum Gasteiger partial charge on any atom is 0.0809 e. The van der Waals surface area contributed by atoms with Gasteiger partial charge in [-0.15, -0.1) is 0 Å². The zero-order chi connectivity index (χ0) is 23.0. The molecule has 1 heterocycles. The smallest absolute Gasteiger partial charge is 0.0809 e. The highest BCUT2D eigenvalue weighted by atomic mass is 16.5. The Kier molecular flexibility index (Phi) is 7.36. The Morgan fingerprint density at radius 1 is 1.19 bits per heavy atom. The van der Waals surface area contributed by atoms with Crippen LogP contribution in [-0.2, 0) is 4.74 Å². The SMILES string of the molecule is C=C1[C@H](O)CC(=C/C=C2\CCC[C@]3(C)[C@@H](C(C)CN4C[C@@H](C)OC[C@@H]4C)CC[C@@H]23)C[C@H]1O. The van der Waals surface area contributed by atoms with Crippen LogP contribution >= 0.6 is 0 Å². The minimum absolute atomic E-state index is 0.344. The number of aliphatic hydroxyl groups is 2. The minimum Gasteiger partial charge on any atom is -0.388 e. The molecule has 0 spiro atoms. The molecular formula is C28H45NO3. The van der Waals surface area contributed by atoms with Crippen molar-refractivity contribution >= 4 is 0 Å². The molecule has 1 unspecified atom stereocenters. The fourth-order valence-corrected chi connectivity index (χ4v) is 7.36. The highest BCUT2D eigenvalue weighted by Crippen LogP contribution is 2.59. The van der Waals surface area contributed by atoms with Crippen molar-refractivity contribution in [2.45, 2.75) is 97.0 Å². The van der Waals surface area contributed by atoms with Crippen LogP contribution in [0.3, 0.4) is 0 Å². The first-order valence-corrected chi connectivity index (χ1v) is 13.0. The molecule has 32 heavy (non-hydrogen) atoms. The molecule has 1 aliphatic heterocycles. The fraction of sp³-hybridized carbons (Fsp3) is 0.786. The summed E-state index contributed by atoms with van der Waals surface area (Å²) in [5.74, 6) is 2.15. The molecule has 180 valence electrons. The van der Waals surface area contributed by atoms with Crippen molar-refractivity contribution in [2.24, 2.45) is 23.2 Å². The number of fused-ring (bicyclic) bond motifs is 1. The molecule has 0 amide bonds. The molecule has 4 fully saturated rings. The van der Waals surface area contributed by atoms with Gasteiger partial charge in [0.15, 0.2) is 0 Å². The van der Waals surface area contributed by atoms with E-state index in [4.69, 9.17) is 4.74 Å². The molecule has 0 aromatic carbocycles. The topological polar surface area (TPSA) is 52.9 Å². The lowest BCUT2D eigenvalue weighted by Crippen LogP contribution is -2.50. The molecule has 2 N–H and O–H groups in total. The van der Waals surface area contributed by atoms with Crippen LogP contribution in [-0.4, -0.2) is 59.2 Å². The molecule has 4 aliphatic rings.